The minimum Gasteiger partial charge on any atom is -0.311 e. The Balaban J connectivity index is 1.75. The van der Waals surface area contributed by atoms with E-state index in [-0.39, 0.29) is 0 Å². The molecular weight excluding hydrogens is 206 g/mol. The van der Waals surface area contributed by atoms with Crippen LogP contribution in [-0.2, 0) is 0 Å². The van der Waals surface area contributed by atoms with E-state index in [1.165, 1.54) is 51.4 Å². The van der Waals surface area contributed by atoms with E-state index >= 15 is 0 Å². The van der Waals surface area contributed by atoms with Gasteiger partial charge in [-0.15, -0.1) is 0 Å². The van der Waals surface area contributed by atoms with E-state index in [0.717, 1.165) is 29.8 Å². The minimum absolute atomic E-state index is 0.828. The fourth-order valence-electron chi connectivity index (χ4n) is 3.86. The molecule has 2 saturated carbocycles. The highest BCUT2D eigenvalue weighted by atomic mass is 15.0. The molecule has 0 bridgehead atoms. The lowest BCUT2D eigenvalue weighted by Gasteiger charge is -2.22. The van der Waals surface area contributed by atoms with Crippen LogP contribution in [0.5, 0.6) is 0 Å². The van der Waals surface area contributed by atoms with Crippen molar-refractivity contribution in [1.82, 2.24) is 5.32 Å². The van der Waals surface area contributed by atoms with Crippen molar-refractivity contribution in [1.29, 1.82) is 0 Å². The average Bonchev–Trinajstić information content (AvgIpc) is 2.54. The summed E-state index contributed by atoms with van der Waals surface area (Å²) in [4.78, 5) is 0. The summed E-state index contributed by atoms with van der Waals surface area (Å²) in [7, 11) is 0. The van der Waals surface area contributed by atoms with Crippen molar-refractivity contribution in [2.75, 3.05) is 0 Å². The summed E-state index contributed by atoms with van der Waals surface area (Å²) in [6.45, 7) is 7.21. The van der Waals surface area contributed by atoms with Gasteiger partial charge in [-0.2, -0.15) is 0 Å². The predicted molar refractivity (Wildman–Crippen MR) is 75.1 cm³/mol. The molecule has 0 spiro atoms. The van der Waals surface area contributed by atoms with Crippen molar-refractivity contribution >= 4 is 0 Å². The van der Waals surface area contributed by atoms with E-state index < -0.39 is 0 Å². The van der Waals surface area contributed by atoms with Crippen molar-refractivity contribution < 1.29 is 0 Å². The number of rotatable bonds is 3. The maximum absolute atomic E-state index is 3.95. The smallest absolute Gasteiger partial charge is 0.00722 e. The first-order valence-corrected chi connectivity index (χ1v) is 7.91. The largest absolute Gasteiger partial charge is 0.311 e. The first-order chi connectivity index (χ1) is 8.15. The second kappa shape index (κ2) is 6.22. The van der Waals surface area contributed by atoms with Crippen molar-refractivity contribution in [3.8, 4) is 0 Å². The normalized spacial score (nSPS) is 39.5. The highest BCUT2D eigenvalue weighted by Gasteiger charge is 2.26. The molecule has 2 aliphatic rings. The molecule has 2 rings (SSSR count). The Hall–Kier alpha value is -0.0400. The third kappa shape index (κ3) is 3.98. The van der Waals surface area contributed by atoms with Gasteiger partial charge in [0.25, 0.3) is 0 Å². The van der Waals surface area contributed by atoms with Crippen molar-refractivity contribution in [3.05, 3.63) is 0 Å². The number of hydrogen-bond acceptors (Lipinski definition) is 1. The molecule has 0 aromatic carbocycles. The zero-order valence-corrected chi connectivity index (χ0v) is 12.0. The Morgan fingerprint density at radius 3 is 2.29 bits per heavy atom. The van der Waals surface area contributed by atoms with E-state index in [1.807, 2.05) is 0 Å². The molecular formula is C16H31N. The lowest BCUT2D eigenvalue weighted by molar-refractivity contribution is 0.333. The molecule has 0 aliphatic heterocycles. The van der Waals surface area contributed by atoms with Gasteiger partial charge in [0.05, 0.1) is 0 Å². The van der Waals surface area contributed by atoms with E-state index in [4.69, 9.17) is 0 Å². The Bertz CT molecular complexity index is 224. The Kier molecular flexibility index (Phi) is 4.90. The zero-order chi connectivity index (χ0) is 12.3. The van der Waals surface area contributed by atoms with Crippen LogP contribution in [-0.4, -0.2) is 12.1 Å². The predicted octanol–water partition coefficient (Wildman–Crippen LogP) is 4.37. The van der Waals surface area contributed by atoms with Gasteiger partial charge in [-0.3, -0.25) is 0 Å². The van der Waals surface area contributed by atoms with Gasteiger partial charge in [0, 0.05) is 12.1 Å². The van der Waals surface area contributed by atoms with Gasteiger partial charge in [0.1, 0.15) is 0 Å². The zero-order valence-electron chi connectivity index (χ0n) is 12.0. The van der Waals surface area contributed by atoms with Gasteiger partial charge in [0.2, 0.25) is 0 Å². The standard InChI is InChI=1S/C16H31N/c1-12(2)14-5-4-6-15(10-8-14)17-16-9-7-13(3)11-16/h12-17H,4-11H2,1-3H3. The molecule has 0 heterocycles. The maximum Gasteiger partial charge on any atom is 0.00722 e. The molecule has 0 saturated heterocycles. The third-order valence-electron chi connectivity index (χ3n) is 5.12. The number of nitrogens with one attached hydrogen (secondary N) is 1. The van der Waals surface area contributed by atoms with Gasteiger partial charge in [-0.25, -0.2) is 0 Å². The molecule has 4 unspecified atom stereocenters. The van der Waals surface area contributed by atoms with E-state index in [2.05, 4.69) is 26.1 Å². The molecule has 2 fully saturated rings. The van der Waals surface area contributed by atoms with Crippen LogP contribution in [0.4, 0.5) is 0 Å². The quantitative estimate of drug-likeness (QED) is 0.719. The molecule has 0 amide bonds. The fraction of sp³-hybridized carbons (Fsp3) is 1.00. The summed E-state index contributed by atoms with van der Waals surface area (Å²) in [6, 6.07) is 1.67. The molecule has 1 heteroatoms. The third-order valence-corrected chi connectivity index (χ3v) is 5.12. The first kappa shape index (κ1) is 13.4. The molecule has 100 valence electrons. The molecule has 4 atom stereocenters. The molecule has 1 N–H and O–H groups in total. The van der Waals surface area contributed by atoms with Gasteiger partial charge in [-0.05, 0) is 56.3 Å². The Labute approximate surface area is 108 Å². The summed E-state index contributed by atoms with van der Waals surface area (Å²) in [5.74, 6) is 2.84. The van der Waals surface area contributed by atoms with E-state index in [0.29, 0.717) is 0 Å². The highest BCUT2D eigenvalue weighted by molar-refractivity contribution is 4.84. The van der Waals surface area contributed by atoms with Crippen LogP contribution in [0.2, 0.25) is 0 Å². The summed E-state index contributed by atoms with van der Waals surface area (Å²) >= 11 is 0. The highest BCUT2D eigenvalue weighted by Crippen LogP contribution is 2.31. The molecule has 0 aromatic heterocycles. The van der Waals surface area contributed by atoms with Gasteiger partial charge in [0.15, 0.2) is 0 Å². The molecule has 0 radical (unpaired) electrons. The summed E-state index contributed by atoms with van der Waals surface area (Å²) < 4.78 is 0. The van der Waals surface area contributed by atoms with Crippen molar-refractivity contribution in [2.45, 2.75) is 84.2 Å². The molecule has 0 aromatic rings. The van der Waals surface area contributed by atoms with Crippen LogP contribution in [0, 0.1) is 17.8 Å². The minimum atomic E-state index is 0.828. The Morgan fingerprint density at radius 1 is 0.882 bits per heavy atom. The SMILES string of the molecule is CC1CCC(NC2CCCC(C(C)C)CC2)C1. The van der Waals surface area contributed by atoms with Crippen molar-refractivity contribution in [3.63, 3.8) is 0 Å². The molecule has 1 nitrogen and oxygen atoms in total. The second-order valence-corrected chi connectivity index (χ2v) is 6.99. The van der Waals surface area contributed by atoms with Crippen LogP contribution in [0.1, 0.15) is 72.1 Å². The molecule has 17 heavy (non-hydrogen) atoms. The van der Waals surface area contributed by atoms with E-state index in [1.54, 1.807) is 0 Å². The lowest BCUT2D eigenvalue weighted by Crippen LogP contribution is -2.36. The summed E-state index contributed by atoms with van der Waals surface area (Å²) in [5, 5.41) is 3.95. The van der Waals surface area contributed by atoms with E-state index in [9.17, 15) is 0 Å². The first-order valence-electron chi connectivity index (χ1n) is 7.91. The van der Waals surface area contributed by atoms with Crippen LogP contribution in [0.25, 0.3) is 0 Å². The van der Waals surface area contributed by atoms with Crippen LogP contribution < -0.4 is 5.32 Å². The lowest BCUT2D eigenvalue weighted by atomic mass is 9.89. The average molecular weight is 237 g/mol. The van der Waals surface area contributed by atoms with Crippen LogP contribution >= 0.6 is 0 Å². The van der Waals surface area contributed by atoms with Gasteiger partial charge < -0.3 is 5.32 Å². The van der Waals surface area contributed by atoms with Gasteiger partial charge >= 0.3 is 0 Å². The Morgan fingerprint density at radius 2 is 1.65 bits per heavy atom. The topological polar surface area (TPSA) is 12.0 Å². The van der Waals surface area contributed by atoms with Crippen LogP contribution in [0.15, 0.2) is 0 Å². The van der Waals surface area contributed by atoms with Crippen LogP contribution in [0.3, 0.4) is 0 Å². The second-order valence-electron chi connectivity index (χ2n) is 6.99. The monoisotopic (exact) mass is 237 g/mol. The van der Waals surface area contributed by atoms with Gasteiger partial charge in [-0.1, -0.05) is 33.6 Å². The summed E-state index contributed by atoms with van der Waals surface area (Å²) in [5.41, 5.74) is 0. The van der Waals surface area contributed by atoms with Crippen molar-refractivity contribution in [2.24, 2.45) is 17.8 Å². The fourth-order valence-corrected chi connectivity index (χ4v) is 3.86. The summed E-state index contributed by atoms with van der Waals surface area (Å²) in [6.07, 6.45) is 11.5. The number of hydrogen-bond donors (Lipinski definition) is 1. The maximum atomic E-state index is 3.95. The molecule has 2 aliphatic carbocycles.